The van der Waals surface area contributed by atoms with E-state index >= 15 is 0 Å². The van der Waals surface area contributed by atoms with Crippen LogP contribution in [0.3, 0.4) is 0 Å². The molecule has 0 aromatic rings. The number of aliphatic hydroxyl groups excluding tert-OH is 1. The maximum atomic E-state index is 12.7. The molecule has 59 heavy (non-hydrogen) atoms. The van der Waals surface area contributed by atoms with E-state index in [0.29, 0.717) is 137 Å². The Morgan fingerprint density at radius 1 is 0.593 bits per heavy atom. The summed E-state index contributed by atoms with van der Waals surface area (Å²) in [5.41, 5.74) is 0. The monoisotopic (exact) mass is 855 g/mol. The van der Waals surface area contributed by atoms with Gasteiger partial charge in [0.1, 0.15) is 6.29 Å². The fourth-order valence-corrected chi connectivity index (χ4v) is 5.40. The first-order valence-corrected chi connectivity index (χ1v) is 20.7. The van der Waals surface area contributed by atoms with E-state index in [9.17, 15) is 24.3 Å². The number of carbonyl (C=O) groups excluding carboxylic acids is 3. The van der Waals surface area contributed by atoms with Gasteiger partial charge < -0.3 is 64.1 Å². The van der Waals surface area contributed by atoms with Crippen LogP contribution in [0.1, 0.15) is 40.0 Å². The molecule has 1 fully saturated rings. The highest BCUT2D eigenvalue weighted by molar-refractivity contribution is 5.78. The van der Waals surface area contributed by atoms with Gasteiger partial charge in [-0.3, -0.25) is 33.9 Å². The summed E-state index contributed by atoms with van der Waals surface area (Å²) in [7, 11) is 1.00. The van der Waals surface area contributed by atoms with Gasteiger partial charge in [-0.15, -0.1) is 0 Å². The lowest BCUT2D eigenvalue weighted by Gasteiger charge is -2.32. The Morgan fingerprint density at radius 2 is 0.983 bits per heavy atom. The van der Waals surface area contributed by atoms with Crippen LogP contribution in [0, 0.1) is 5.92 Å². The molecule has 1 rings (SSSR count). The number of ether oxygens (including phenoxy) is 6. The van der Waals surface area contributed by atoms with Crippen molar-refractivity contribution in [3.05, 3.63) is 0 Å². The smallest absolute Gasteiger partial charge is 0.317 e. The maximum absolute atomic E-state index is 12.7. The molecule has 1 aliphatic rings. The number of aliphatic carboxylic acids is 1. The molecular weight excluding hydrogens is 776 g/mol. The highest BCUT2D eigenvalue weighted by atomic mass is 16.6. The zero-order valence-electron chi connectivity index (χ0n) is 36.4. The topological polar surface area (TPSA) is 238 Å². The Morgan fingerprint density at radius 3 is 1.41 bits per heavy atom. The van der Waals surface area contributed by atoms with E-state index in [4.69, 9.17) is 43.4 Å². The molecule has 0 aromatic carbocycles. The fraction of sp³-hybridized carbons (Fsp3) is 0.872. The Balaban J connectivity index is 0. The van der Waals surface area contributed by atoms with Crippen molar-refractivity contribution in [3.63, 3.8) is 0 Å². The van der Waals surface area contributed by atoms with Crippen LogP contribution in [0.4, 0.5) is 0 Å². The number of carboxylic acids is 1. The van der Waals surface area contributed by atoms with Crippen molar-refractivity contribution in [3.8, 4) is 0 Å². The lowest BCUT2D eigenvalue weighted by atomic mass is 10.1. The molecule has 0 saturated carbocycles. The van der Waals surface area contributed by atoms with Gasteiger partial charge in [0.2, 0.25) is 11.8 Å². The lowest BCUT2D eigenvalue weighted by molar-refractivity contribution is -0.138. The summed E-state index contributed by atoms with van der Waals surface area (Å²) >= 11 is 0. The first kappa shape index (κ1) is 58.2. The summed E-state index contributed by atoms with van der Waals surface area (Å²) in [4.78, 5) is 63.7. The molecule has 0 atom stereocenters. The normalized spacial score (nSPS) is 14.8. The van der Waals surface area contributed by atoms with Crippen molar-refractivity contribution >= 4 is 30.5 Å². The molecule has 0 aliphatic carbocycles. The molecule has 1 saturated heterocycles. The number of carbonyl (C=O) groups is 5. The highest BCUT2D eigenvalue weighted by Crippen LogP contribution is 2.02. The molecule has 20 heteroatoms. The number of nitrogens with zero attached hydrogens (tertiary/aromatic N) is 4. The van der Waals surface area contributed by atoms with Crippen LogP contribution < -0.4 is 10.6 Å². The van der Waals surface area contributed by atoms with Crippen LogP contribution in [0.15, 0.2) is 0 Å². The zero-order chi connectivity index (χ0) is 44.2. The van der Waals surface area contributed by atoms with Crippen LogP contribution in [0.5, 0.6) is 0 Å². The quantitative estimate of drug-likeness (QED) is 0.0402. The number of hydrogen-bond acceptors (Lipinski definition) is 16. The van der Waals surface area contributed by atoms with Gasteiger partial charge >= 0.3 is 5.97 Å². The minimum Gasteiger partial charge on any atom is -0.483 e. The van der Waals surface area contributed by atoms with Crippen molar-refractivity contribution in [2.24, 2.45) is 5.92 Å². The summed E-state index contributed by atoms with van der Waals surface area (Å²) in [6, 6.07) is 0. The molecule has 20 nitrogen and oxygen atoms in total. The maximum Gasteiger partial charge on any atom is 0.317 e. The molecule has 5 N–H and O–H groups in total. The first-order chi connectivity index (χ1) is 28.6. The molecular formula is C39H78N6O14. The number of carboxylic acid groups (broad SMARTS) is 2. The van der Waals surface area contributed by atoms with Crippen LogP contribution in [-0.4, -0.2) is 243 Å². The highest BCUT2D eigenvalue weighted by Gasteiger charge is 2.19. The van der Waals surface area contributed by atoms with E-state index in [2.05, 4.69) is 46.1 Å². The summed E-state index contributed by atoms with van der Waals surface area (Å²) < 4.78 is 33.0. The average molecular weight is 855 g/mol. The Labute approximate surface area is 352 Å². The number of amides is 2. The average Bonchev–Trinajstić information content (AvgIpc) is 3.21. The standard InChI is InChI=1S/C37H72N6O11.CH2O2.CH4O/c1-4-40-10-12-41(18-19-44)13-15-43(33-37(47)48)17-16-42(14-11-40)32-36(46)39-9-21-50-23-25-52-27-29-54-31-30-53-28-26-51-24-22-49-20-7-35(45)38-8-5-6-34(2)3;2-1-3;1-2/h19,34H,4-18,20-33H2,1-3H3,(H,38,45)(H,39,46)(H,47,48);1H,(H,2,3);2H,1H3. The van der Waals surface area contributed by atoms with Gasteiger partial charge in [0.05, 0.1) is 98.9 Å². The Hall–Kier alpha value is -2.89. The van der Waals surface area contributed by atoms with E-state index < -0.39 is 5.97 Å². The Bertz CT molecular complexity index is 1000. The number of nitrogens with one attached hydrogen (secondary N) is 2. The van der Waals surface area contributed by atoms with E-state index in [1.54, 1.807) is 0 Å². The van der Waals surface area contributed by atoms with E-state index in [-0.39, 0.29) is 31.4 Å². The van der Waals surface area contributed by atoms with Crippen molar-refractivity contribution in [2.75, 3.05) is 178 Å². The Kier molecular flexibility index (Phi) is 44.1. The predicted molar refractivity (Wildman–Crippen MR) is 222 cm³/mol. The molecule has 0 aromatic heterocycles. The largest absolute Gasteiger partial charge is 0.483 e. The second kappa shape index (κ2) is 44.7. The summed E-state index contributed by atoms with van der Waals surface area (Å²) in [5.74, 6) is -0.332. The zero-order valence-corrected chi connectivity index (χ0v) is 36.4. The van der Waals surface area contributed by atoms with Gasteiger partial charge in [-0.05, 0) is 25.3 Å². The third-order valence-electron chi connectivity index (χ3n) is 8.62. The number of rotatable bonds is 32. The molecule has 0 bridgehead atoms. The van der Waals surface area contributed by atoms with E-state index in [1.807, 2.05) is 4.90 Å². The van der Waals surface area contributed by atoms with Crippen molar-refractivity contribution < 1.29 is 67.7 Å². The minimum atomic E-state index is -0.897. The molecule has 348 valence electrons. The number of likely N-dealkylation sites (N-methyl/N-ethyl adjacent to an activating group) is 1. The predicted octanol–water partition coefficient (Wildman–Crippen LogP) is -1.02. The van der Waals surface area contributed by atoms with Crippen molar-refractivity contribution in [1.29, 1.82) is 0 Å². The number of hydrogen-bond donors (Lipinski definition) is 5. The van der Waals surface area contributed by atoms with Gasteiger partial charge in [0.15, 0.2) is 0 Å². The van der Waals surface area contributed by atoms with Gasteiger partial charge in [-0.25, -0.2) is 0 Å². The van der Waals surface area contributed by atoms with Gasteiger partial charge in [-0.1, -0.05) is 20.8 Å². The molecule has 0 unspecified atom stereocenters. The third-order valence-corrected chi connectivity index (χ3v) is 8.62. The number of aliphatic hydroxyl groups is 1. The molecule has 0 radical (unpaired) electrons. The van der Waals surface area contributed by atoms with Gasteiger partial charge in [-0.2, -0.15) is 0 Å². The van der Waals surface area contributed by atoms with Gasteiger partial charge in [0.25, 0.3) is 6.47 Å². The summed E-state index contributed by atoms with van der Waals surface area (Å²) in [6.07, 6.45) is 3.36. The second-order valence-corrected chi connectivity index (χ2v) is 13.6. The van der Waals surface area contributed by atoms with Crippen LogP contribution >= 0.6 is 0 Å². The molecule has 1 aliphatic heterocycles. The van der Waals surface area contributed by atoms with E-state index in [0.717, 1.165) is 59.0 Å². The van der Waals surface area contributed by atoms with Crippen molar-refractivity contribution in [1.82, 2.24) is 30.2 Å². The molecule has 0 spiro atoms. The first-order valence-electron chi connectivity index (χ1n) is 20.7. The minimum absolute atomic E-state index is 0.0195. The summed E-state index contributed by atoms with van der Waals surface area (Å²) in [5, 5.41) is 29.1. The fourth-order valence-electron chi connectivity index (χ4n) is 5.40. The third kappa shape index (κ3) is 41.6. The lowest BCUT2D eigenvalue weighted by Crippen LogP contribution is -2.49. The number of aldehydes is 1. The van der Waals surface area contributed by atoms with Gasteiger partial charge in [0, 0.05) is 79.0 Å². The molecule has 1 heterocycles. The van der Waals surface area contributed by atoms with E-state index in [1.165, 1.54) is 0 Å². The van der Waals surface area contributed by atoms with Crippen LogP contribution in [0.25, 0.3) is 0 Å². The summed E-state index contributed by atoms with van der Waals surface area (Å²) in [6.45, 7) is 19.0. The second-order valence-electron chi connectivity index (χ2n) is 13.6. The van der Waals surface area contributed by atoms with Crippen LogP contribution in [0.2, 0.25) is 0 Å². The molecule has 2 amide bonds. The SMILES string of the molecule is CCN1CCN(CC=O)CCN(CC(=O)O)CCN(CC(=O)NCCOCCOCCOCCOCCOCCOCCC(=O)NCCCC(C)C)CC1.CO.O=CO. The van der Waals surface area contributed by atoms with Crippen LogP contribution in [-0.2, 0) is 52.4 Å². The van der Waals surface area contributed by atoms with Crippen molar-refractivity contribution in [2.45, 2.75) is 40.0 Å².